The minimum atomic E-state index is 0. The molecule has 4 unspecified atom stereocenters. The van der Waals surface area contributed by atoms with Gasteiger partial charge in [0, 0.05) is 60.8 Å². The molecule has 0 rings (SSSR count). The highest BCUT2D eigenvalue weighted by atomic mass is 35.5. The lowest BCUT2D eigenvalue weighted by molar-refractivity contribution is 0.206. The second-order valence-corrected chi connectivity index (χ2v) is 8.62. The summed E-state index contributed by atoms with van der Waals surface area (Å²) in [5.74, 6) is 0. The second-order valence-electron chi connectivity index (χ2n) is 5.64. The van der Waals surface area contributed by atoms with E-state index in [0.717, 1.165) is 39.3 Å². The smallest absolute Gasteiger partial charge is 0.0435 e. The van der Waals surface area contributed by atoms with Crippen LogP contribution in [0, 0.1) is 0 Å². The van der Waals surface area contributed by atoms with Gasteiger partial charge < -0.3 is 0 Å². The standard InChI is InChI=1S/C14H28Cl4N2.2ClH/c1-11(15)7-19(8-12(2)16)5-6-20(9-13(3)17)10-14(4)18;;/h11-14H,5-10H2,1-4H3;2*1H. The van der Waals surface area contributed by atoms with E-state index in [4.69, 9.17) is 46.4 Å². The van der Waals surface area contributed by atoms with E-state index in [9.17, 15) is 0 Å². The highest BCUT2D eigenvalue weighted by molar-refractivity contribution is 6.21. The average Bonchev–Trinajstić information content (AvgIpc) is 2.22. The number of rotatable bonds is 11. The molecule has 2 nitrogen and oxygen atoms in total. The molecular weight excluding hydrogens is 409 g/mol. The van der Waals surface area contributed by atoms with E-state index in [1.54, 1.807) is 0 Å². The number of hydrogen-bond acceptors (Lipinski definition) is 2. The van der Waals surface area contributed by atoms with Crippen LogP contribution in [0.2, 0.25) is 0 Å². The van der Waals surface area contributed by atoms with Crippen LogP contribution in [0.4, 0.5) is 0 Å². The SMILES string of the molecule is CC(Cl)CN(CCN(CC(C)Cl)CC(C)Cl)CC(C)Cl.Cl.Cl. The molecule has 0 aliphatic carbocycles. The molecule has 0 spiro atoms. The Hall–Kier alpha value is 1.66. The first-order chi connectivity index (χ1) is 9.20. The van der Waals surface area contributed by atoms with Crippen molar-refractivity contribution in [2.45, 2.75) is 49.2 Å². The molecule has 0 N–H and O–H groups in total. The number of nitrogens with zero attached hydrogens (tertiary/aromatic N) is 2. The zero-order valence-corrected chi connectivity index (χ0v) is 18.4. The van der Waals surface area contributed by atoms with Gasteiger partial charge in [0.05, 0.1) is 0 Å². The maximum atomic E-state index is 6.10. The van der Waals surface area contributed by atoms with Gasteiger partial charge in [-0.25, -0.2) is 0 Å². The van der Waals surface area contributed by atoms with Crippen LogP contribution in [-0.2, 0) is 0 Å². The predicted molar refractivity (Wildman–Crippen MR) is 109 cm³/mol. The lowest BCUT2D eigenvalue weighted by Crippen LogP contribution is -2.42. The highest BCUT2D eigenvalue weighted by Gasteiger charge is 2.15. The Kier molecular flexibility index (Phi) is 20.9. The van der Waals surface area contributed by atoms with Crippen molar-refractivity contribution in [1.29, 1.82) is 0 Å². The summed E-state index contributed by atoms with van der Waals surface area (Å²) in [5.41, 5.74) is 0. The number of hydrogen-bond donors (Lipinski definition) is 0. The second kappa shape index (κ2) is 16.1. The summed E-state index contributed by atoms with van der Waals surface area (Å²) in [7, 11) is 0. The molecule has 138 valence electrons. The summed E-state index contributed by atoms with van der Waals surface area (Å²) in [6, 6.07) is 0. The molecule has 0 heterocycles. The fourth-order valence-corrected chi connectivity index (χ4v) is 3.00. The normalized spacial score (nSPS) is 16.6. The molecule has 0 saturated heterocycles. The highest BCUT2D eigenvalue weighted by Crippen LogP contribution is 2.07. The summed E-state index contributed by atoms with van der Waals surface area (Å²) in [6.07, 6.45) is 0. The molecule has 22 heavy (non-hydrogen) atoms. The van der Waals surface area contributed by atoms with Gasteiger partial charge in [-0.3, -0.25) is 9.80 Å². The van der Waals surface area contributed by atoms with Crippen LogP contribution >= 0.6 is 71.2 Å². The van der Waals surface area contributed by atoms with Gasteiger partial charge in [0.15, 0.2) is 0 Å². The number of halogens is 6. The summed E-state index contributed by atoms with van der Waals surface area (Å²) in [4.78, 5) is 4.61. The predicted octanol–water partition coefficient (Wildman–Crippen LogP) is 4.94. The van der Waals surface area contributed by atoms with Crippen molar-refractivity contribution >= 4 is 71.2 Å². The molecule has 0 bridgehead atoms. The van der Waals surface area contributed by atoms with E-state index in [1.807, 2.05) is 27.7 Å². The summed E-state index contributed by atoms with van der Waals surface area (Å²) < 4.78 is 0. The maximum Gasteiger partial charge on any atom is 0.0435 e. The van der Waals surface area contributed by atoms with Gasteiger partial charge in [0.25, 0.3) is 0 Å². The minimum absolute atomic E-state index is 0. The third-order valence-electron chi connectivity index (χ3n) is 2.77. The largest absolute Gasteiger partial charge is 0.299 e. The van der Waals surface area contributed by atoms with Crippen LogP contribution in [0.25, 0.3) is 0 Å². The van der Waals surface area contributed by atoms with Crippen LogP contribution in [-0.4, -0.2) is 70.6 Å². The Bertz CT molecular complexity index is 195. The van der Waals surface area contributed by atoms with E-state index in [0.29, 0.717) is 0 Å². The maximum absolute atomic E-state index is 6.10. The molecule has 0 saturated carbocycles. The summed E-state index contributed by atoms with van der Waals surface area (Å²) in [6.45, 7) is 13.3. The first kappa shape index (κ1) is 28.5. The van der Waals surface area contributed by atoms with E-state index >= 15 is 0 Å². The monoisotopic (exact) mass is 436 g/mol. The zero-order chi connectivity index (χ0) is 15.7. The summed E-state index contributed by atoms with van der Waals surface area (Å²) in [5, 5.41) is 0.492. The Balaban J connectivity index is -0.00000180. The third kappa shape index (κ3) is 18.0. The Morgan fingerprint density at radius 1 is 0.545 bits per heavy atom. The van der Waals surface area contributed by atoms with Crippen molar-refractivity contribution in [3.05, 3.63) is 0 Å². The number of alkyl halides is 4. The molecule has 0 aromatic carbocycles. The van der Waals surface area contributed by atoms with Crippen LogP contribution in [0.1, 0.15) is 27.7 Å². The molecule has 0 aliphatic heterocycles. The van der Waals surface area contributed by atoms with Gasteiger partial charge >= 0.3 is 0 Å². The molecule has 8 heteroatoms. The van der Waals surface area contributed by atoms with Gasteiger partial charge in [-0.2, -0.15) is 0 Å². The molecule has 0 aromatic heterocycles. The van der Waals surface area contributed by atoms with Gasteiger partial charge in [-0.05, 0) is 27.7 Å². The molecule has 0 fully saturated rings. The van der Waals surface area contributed by atoms with E-state index in [-0.39, 0.29) is 46.3 Å². The van der Waals surface area contributed by atoms with E-state index in [1.165, 1.54) is 0 Å². The topological polar surface area (TPSA) is 6.48 Å². The molecule has 0 aromatic rings. The van der Waals surface area contributed by atoms with Crippen molar-refractivity contribution in [3.8, 4) is 0 Å². The van der Waals surface area contributed by atoms with Crippen molar-refractivity contribution in [2.24, 2.45) is 0 Å². The Morgan fingerprint density at radius 3 is 0.864 bits per heavy atom. The first-order valence-corrected chi connectivity index (χ1v) is 8.96. The van der Waals surface area contributed by atoms with Crippen LogP contribution in [0.5, 0.6) is 0 Å². The van der Waals surface area contributed by atoms with Gasteiger partial charge in [-0.15, -0.1) is 71.2 Å². The molecule has 0 radical (unpaired) electrons. The van der Waals surface area contributed by atoms with Crippen molar-refractivity contribution in [1.82, 2.24) is 9.80 Å². The van der Waals surface area contributed by atoms with Crippen LogP contribution < -0.4 is 0 Å². The quantitative estimate of drug-likeness (QED) is 0.421. The van der Waals surface area contributed by atoms with Crippen LogP contribution in [0.15, 0.2) is 0 Å². The molecular formula is C14H30Cl6N2. The van der Waals surface area contributed by atoms with Crippen molar-refractivity contribution in [2.75, 3.05) is 39.3 Å². The molecule has 0 aliphatic rings. The van der Waals surface area contributed by atoms with Crippen LogP contribution in [0.3, 0.4) is 0 Å². The average molecular weight is 439 g/mol. The van der Waals surface area contributed by atoms with Crippen molar-refractivity contribution < 1.29 is 0 Å². The first-order valence-electron chi connectivity index (χ1n) is 7.21. The fourth-order valence-electron chi connectivity index (χ4n) is 2.22. The minimum Gasteiger partial charge on any atom is -0.299 e. The third-order valence-corrected chi connectivity index (χ3v) is 3.32. The van der Waals surface area contributed by atoms with E-state index < -0.39 is 0 Å². The zero-order valence-electron chi connectivity index (χ0n) is 13.8. The van der Waals surface area contributed by atoms with Crippen molar-refractivity contribution in [3.63, 3.8) is 0 Å². The molecule has 4 atom stereocenters. The Morgan fingerprint density at radius 2 is 0.727 bits per heavy atom. The Labute approximate surface area is 169 Å². The fraction of sp³-hybridized carbons (Fsp3) is 1.00. The lowest BCUT2D eigenvalue weighted by atomic mass is 10.3. The van der Waals surface area contributed by atoms with Gasteiger partial charge in [0.2, 0.25) is 0 Å². The summed E-state index contributed by atoms with van der Waals surface area (Å²) >= 11 is 24.4. The lowest BCUT2D eigenvalue weighted by Gasteiger charge is -2.30. The van der Waals surface area contributed by atoms with E-state index in [2.05, 4.69) is 9.80 Å². The molecule has 0 amide bonds. The van der Waals surface area contributed by atoms with Gasteiger partial charge in [0.1, 0.15) is 0 Å². The van der Waals surface area contributed by atoms with Gasteiger partial charge in [-0.1, -0.05) is 0 Å².